The highest BCUT2D eigenvalue weighted by Gasteiger charge is 2.57. The summed E-state index contributed by atoms with van der Waals surface area (Å²) in [5.74, 6) is -2.69. The van der Waals surface area contributed by atoms with Crippen molar-refractivity contribution in [2.24, 2.45) is 23.7 Å². The summed E-state index contributed by atoms with van der Waals surface area (Å²) in [5, 5.41) is 12.6. The number of aliphatic hydroxyl groups excluding tert-OH is 1. The van der Waals surface area contributed by atoms with Gasteiger partial charge in [-0.3, -0.25) is 14.4 Å². The van der Waals surface area contributed by atoms with Crippen LogP contribution >= 0.6 is 0 Å². The number of likely N-dealkylation sites (tertiary alicyclic amines) is 1. The molecule has 1 saturated heterocycles. The van der Waals surface area contributed by atoms with E-state index in [9.17, 15) is 19.5 Å². The van der Waals surface area contributed by atoms with Gasteiger partial charge in [0.15, 0.2) is 0 Å². The molecule has 0 aromatic carbocycles. The fraction of sp³-hybridized carbons (Fsp3) is 0.762. The highest BCUT2D eigenvalue weighted by atomic mass is 16.5. The third kappa shape index (κ3) is 4.40. The number of aliphatic hydroxyl groups is 1. The Morgan fingerprint density at radius 1 is 1.29 bits per heavy atom. The molecule has 2 amide bonds. The zero-order chi connectivity index (χ0) is 20.8. The fourth-order valence-corrected chi connectivity index (χ4v) is 4.40. The van der Waals surface area contributed by atoms with Crippen LogP contribution in [0.4, 0.5) is 0 Å². The number of nitrogens with zero attached hydrogens (tertiary/aromatic N) is 1. The zero-order valence-electron chi connectivity index (χ0n) is 17.4. The molecule has 1 fully saturated rings. The molecule has 0 aromatic heterocycles. The number of hydrogen-bond donors (Lipinski definition) is 2. The van der Waals surface area contributed by atoms with E-state index in [2.05, 4.69) is 12.2 Å². The Balaban J connectivity index is 2.32. The Bertz CT molecular complexity index is 606. The number of esters is 1. The molecule has 1 aliphatic carbocycles. The molecule has 0 unspecified atom stereocenters. The van der Waals surface area contributed by atoms with Gasteiger partial charge in [-0.15, -0.1) is 0 Å². The van der Waals surface area contributed by atoms with E-state index in [4.69, 9.17) is 4.74 Å². The molecule has 0 aromatic rings. The summed E-state index contributed by atoms with van der Waals surface area (Å²) in [6, 6.07) is -1.22. The molecule has 0 bridgehead atoms. The average Bonchev–Trinajstić information content (AvgIpc) is 2.97. The van der Waals surface area contributed by atoms with Gasteiger partial charge in [0.2, 0.25) is 11.8 Å². The zero-order valence-corrected chi connectivity index (χ0v) is 17.4. The second kappa shape index (κ2) is 10.0. The summed E-state index contributed by atoms with van der Waals surface area (Å²) in [5.41, 5.74) is 0. The Kier molecular flexibility index (Phi) is 8.04. The minimum atomic E-state index is -0.720. The number of fused-ring (bicyclic) bond motifs is 1. The molecule has 0 saturated carbocycles. The van der Waals surface area contributed by atoms with Crippen LogP contribution in [-0.4, -0.2) is 59.6 Å². The van der Waals surface area contributed by atoms with Crippen LogP contribution in [0.1, 0.15) is 47.0 Å². The number of unbranched alkanes of at least 4 members (excludes halogenated alkanes) is 2. The molecule has 7 nitrogen and oxygen atoms in total. The third-order valence-corrected chi connectivity index (χ3v) is 5.85. The van der Waals surface area contributed by atoms with Gasteiger partial charge in [-0.25, -0.2) is 0 Å². The summed E-state index contributed by atoms with van der Waals surface area (Å²) < 4.78 is 5.22. The quantitative estimate of drug-likeness (QED) is 0.351. The van der Waals surface area contributed by atoms with E-state index in [1.807, 2.05) is 19.1 Å². The van der Waals surface area contributed by atoms with Crippen molar-refractivity contribution < 1.29 is 24.2 Å². The maximum absolute atomic E-state index is 13.3. The summed E-state index contributed by atoms with van der Waals surface area (Å²) in [6.07, 6.45) is 6.75. The number of amides is 2. The molecule has 2 rings (SSSR count). The lowest BCUT2D eigenvalue weighted by molar-refractivity contribution is -0.155. The molecule has 2 aliphatic rings. The SMILES string of the molecule is CCCCCNC(=O)[C@@H]1[C@H]2C=C[C@@H](C)[C@@H](C(=O)OCC)[C@H]2C(=O)N1[C@H](C)CO. The van der Waals surface area contributed by atoms with Crippen molar-refractivity contribution in [3.63, 3.8) is 0 Å². The first-order valence-corrected chi connectivity index (χ1v) is 10.4. The number of nitrogens with one attached hydrogen (secondary N) is 1. The number of ether oxygens (including phenoxy) is 1. The molecule has 0 spiro atoms. The van der Waals surface area contributed by atoms with Crippen molar-refractivity contribution in [3.8, 4) is 0 Å². The van der Waals surface area contributed by atoms with Crippen LogP contribution in [0, 0.1) is 23.7 Å². The van der Waals surface area contributed by atoms with Crippen LogP contribution in [0.25, 0.3) is 0 Å². The molecule has 6 atom stereocenters. The van der Waals surface area contributed by atoms with Crippen LogP contribution in [0.15, 0.2) is 12.2 Å². The van der Waals surface area contributed by atoms with Gasteiger partial charge in [0.1, 0.15) is 6.04 Å². The Morgan fingerprint density at radius 2 is 2.00 bits per heavy atom. The fourth-order valence-electron chi connectivity index (χ4n) is 4.40. The largest absolute Gasteiger partial charge is 0.466 e. The smallest absolute Gasteiger partial charge is 0.310 e. The van der Waals surface area contributed by atoms with Crippen LogP contribution in [0.2, 0.25) is 0 Å². The van der Waals surface area contributed by atoms with Gasteiger partial charge in [0.05, 0.1) is 31.1 Å². The summed E-state index contributed by atoms with van der Waals surface area (Å²) in [4.78, 5) is 40.3. The predicted octanol–water partition coefficient (Wildman–Crippen LogP) is 1.50. The summed E-state index contributed by atoms with van der Waals surface area (Å²) in [6.45, 7) is 8.00. The lowest BCUT2D eigenvalue weighted by Crippen LogP contribution is -2.51. The van der Waals surface area contributed by atoms with Crippen LogP contribution in [0.3, 0.4) is 0 Å². The van der Waals surface area contributed by atoms with E-state index in [1.165, 1.54) is 4.90 Å². The molecule has 2 N–H and O–H groups in total. The Labute approximate surface area is 167 Å². The highest BCUT2D eigenvalue weighted by molar-refractivity contribution is 5.96. The Hall–Kier alpha value is -1.89. The van der Waals surface area contributed by atoms with Gasteiger partial charge in [0.25, 0.3) is 0 Å². The number of carbonyl (C=O) groups is 3. The van der Waals surface area contributed by atoms with Gasteiger partial charge in [-0.1, -0.05) is 38.8 Å². The molecule has 1 aliphatic heterocycles. The first-order valence-electron chi connectivity index (χ1n) is 10.4. The second-order valence-electron chi connectivity index (χ2n) is 7.85. The first-order chi connectivity index (χ1) is 13.4. The van der Waals surface area contributed by atoms with E-state index < -0.39 is 35.8 Å². The first kappa shape index (κ1) is 22.4. The molecule has 1 heterocycles. The van der Waals surface area contributed by atoms with E-state index in [-0.39, 0.29) is 30.9 Å². The van der Waals surface area contributed by atoms with Crippen LogP contribution in [0.5, 0.6) is 0 Å². The van der Waals surface area contributed by atoms with Crippen molar-refractivity contribution in [3.05, 3.63) is 12.2 Å². The lowest BCUT2D eigenvalue weighted by Gasteiger charge is -2.32. The minimum absolute atomic E-state index is 0.151. The monoisotopic (exact) mass is 394 g/mol. The van der Waals surface area contributed by atoms with Crippen LogP contribution < -0.4 is 5.32 Å². The van der Waals surface area contributed by atoms with E-state index >= 15 is 0 Å². The van der Waals surface area contributed by atoms with Crippen LogP contribution in [-0.2, 0) is 19.1 Å². The van der Waals surface area contributed by atoms with Gasteiger partial charge < -0.3 is 20.1 Å². The highest BCUT2D eigenvalue weighted by Crippen LogP contribution is 2.44. The lowest BCUT2D eigenvalue weighted by atomic mass is 9.70. The topological polar surface area (TPSA) is 95.9 Å². The molecule has 158 valence electrons. The summed E-state index contributed by atoms with van der Waals surface area (Å²) in [7, 11) is 0. The van der Waals surface area contributed by atoms with Gasteiger partial charge in [-0.2, -0.15) is 0 Å². The number of carbonyl (C=O) groups excluding carboxylic acids is 3. The molecule has 28 heavy (non-hydrogen) atoms. The van der Waals surface area contributed by atoms with E-state index in [0.717, 1.165) is 19.3 Å². The number of hydrogen-bond acceptors (Lipinski definition) is 5. The van der Waals surface area contributed by atoms with Gasteiger partial charge >= 0.3 is 5.97 Å². The Morgan fingerprint density at radius 3 is 2.61 bits per heavy atom. The second-order valence-corrected chi connectivity index (χ2v) is 7.85. The van der Waals surface area contributed by atoms with Crippen molar-refractivity contribution in [1.29, 1.82) is 0 Å². The maximum atomic E-state index is 13.3. The minimum Gasteiger partial charge on any atom is -0.466 e. The van der Waals surface area contributed by atoms with Crippen molar-refractivity contribution >= 4 is 17.8 Å². The molecular weight excluding hydrogens is 360 g/mol. The number of allylic oxidation sites excluding steroid dienone is 1. The predicted molar refractivity (Wildman–Crippen MR) is 105 cm³/mol. The van der Waals surface area contributed by atoms with Gasteiger partial charge in [-0.05, 0) is 26.2 Å². The van der Waals surface area contributed by atoms with Crippen molar-refractivity contribution in [2.75, 3.05) is 19.8 Å². The van der Waals surface area contributed by atoms with Crippen molar-refractivity contribution in [2.45, 2.75) is 59.0 Å². The average molecular weight is 395 g/mol. The molecule has 0 radical (unpaired) electrons. The van der Waals surface area contributed by atoms with Gasteiger partial charge in [0, 0.05) is 12.5 Å². The molecular formula is C21H34N2O5. The van der Waals surface area contributed by atoms with Crippen molar-refractivity contribution in [1.82, 2.24) is 10.2 Å². The molecule has 7 heteroatoms. The van der Waals surface area contributed by atoms with E-state index in [0.29, 0.717) is 6.54 Å². The number of rotatable bonds is 9. The van der Waals surface area contributed by atoms with E-state index in [1.54, 1.807) is 13.8 Å². The summed E-state index contributed by atoms with van der Waals surface area (Å²) >= 11 is 0. The maximum Gasteiger partial charge on any atom is 0.310 e. The third-order valence-electron chi connectivity index (χ3n) is 5.85. The normalized spacial score (nSPS) is 30.1. The standard InChI is InChI=1S/C21H34N2O5/c1-5-7-8-11-22-19(25)18-15-10-9-13(3)16(21(27)28-6-2)17(15)20(26)23(18)14(4)12-24/h9-10,13-18,24H,5-8,11-12H2,1-4H3,(H,22,25)/t13-,14-,15+,16-,17+,18+/m1/s1.